The molecule has 5 rings (SSSR count). The second kappa shape index (κ2) is 12.0. The Kier molecular flexibility index (Phi) is 8.31. The van der Waals surface area contributed by atoms with Crippen molar-refractivity contribution in [3.8, 4) is 17.6 Å². The van der Waals surface area contributed by atoms with Crippen LogP contribution in [-0.2, 0) is 9.53 Å². The Morgan fingerprint density at radius 1 is 1.23 bits per heavy atom. The van der Waals surface area contributed by atoms with E-state index in [0.717, 1.165) is 25.9 Å². The lowest BCUT2D eigenvalue weighted by Gasteiger charge is -2.34. The number of methoxy groups -OCH3 is 1. The van der Waals surface area contributed by atoms with Gasteiger partial charge in [-0.25, -0.2) is 4.39 Å². The van der Waals surface area contributed by atoms with Gasteiger partial charge < -0.3 is 24.4 Å². The van der Waals surface area contributed by atoms with E-state index < -0.39 is 5.82 Å². The number of hydrogen-bond acceptors (Lipinski definition) is 8. The van der Waals surface area contributed by atoms with E-state index in [1.165, 1.54) is 12.3 Å². The molecule has 3 aromatic rings. The molecule has 9 nitrogen and oxygen atoms in total. The number of nitrogens with one attached hydrogen (secondary N) is 1. The van der Waals surface area contributed by atoms with Crippen LogP contribution in [0.2, 0.25) is 5.02 Å². The number of carbonyl (C=O) groups is 1. The summed E-state index contributed by atoms with van der Waals surface area (Å²) in [5, 5.41) is 13.3. The highest BCUT2D eigenvalue weighted by Crippen LogP contribution is 2.39. The van der Waals surface area contributed by atoms with Crippen LogP contribution in [0.4, 0.5) is 15.8 Å². The van der Waals surface area contributed by atoms with Gasteiger partial charge in [-0.15, -0.1) is 0 Å². The summed E-state index contributed by atoms with van der Waals surface area (Å²) in [6, 6.07) is 10.3. The van der Waals surface area contributed by atoms with Gasteiger partial charge in [0.15, 0.2) is 17.3 Å². The summed E-state index contributed by atoms with van der Waals surface area (Å²) in [5.41, 5.74) is 1.34. The van der Waals surface area contributed by atoms with Crippen LogP contribution in [0, 0.1) is 17.1 Å². The summed E-state index contributed by atoms with van der Waals surface area (Å²) >= 11 is 5.96. The lowest BCUT2D eigenvalue weighted by Crippen LogP contribution is -2.48. The number of morpholine rings is 1. The molecule has 2 aliphatic rings. The third kappa shape index (κ3) is 6.01. The van der Waals surface area contributed by atoms with Gasteiger partial charge in [0, 0.05) is 43.8 Å². The largest absolute Gasteiger partial charge is 0.493 e. The molecule has 2 aliphatic heterocycles. The fourth-order valence-electron chi connectivity index (χ4n) is 4.87. The van der Waals surface area contributed by atoms with Crippen LogP contribution in [0.25, 0.3) is 10.9 Å². The van der Waals surface area contributed by atoms with Crippen molar-refractivity contribution in [1.29, 1.82) is 5.26 Å². The maximum Gasteiger partial charge on any atom is 0.236 e. The molecule has 2 saturated heterocycles. The summed E-state index contributed by atoms with van der Waals surface area (Å²) in [6.45, 7) is 4.32. The number of likely N-dealkylation sites (tertiary alicyclic amines) is 1. The number of piperidine rings is 1. The van der Waals surface area contributed by atoms with Crippen LogP contribution >= 0.6 is 11.6 Å². The summed E-state index contributed by atoms with van der Waals surface area (Å²) in [7, 11) is 1.55. The smallest absolute Gasteiger partial charge is 0.236 e. The number of nitriles is 1. The number of benzene rings is 2. The minimum absolute atomic E-state index is 0.0273. The molecule has 3 heterocycles. The Bertz CT molecular complexity index is 1400. The van der Waals surface area contributed by atoms with Crippen molar-refractivity contribution in [1.82, 2.24) is 14.8 Å². The molecule has 11 heteroatoms. The van der Waals surface area contributed by atoms with E-state index in [0.29, 0.717) is 60.9 Å². The van der Waals surface area contributed by atoms with Crippen LogP contribution in [0.1, 0.15) is 18.4 Å². The molecule has 39 heavy (non-hydrogen) atoms. The number of amides is 1. The van der Waals surface area contributed by atoms with Crippen molar-refractivity contribution in [2.45, 2.75) is 18.9 Å². The van der Waals surface area contributed by atoms with Gasteiger partial charge in [-0.3, -0.25) is 14.7 Å². The Hall–Kier alpha value is -3.65. The molecule has 0 radical (unpaired) electrons. The van der Waals surface area contributed by atoms with Crippen LogP contribution in [0.3, 0.4) is 0 Å². The monoisotopic (exact) mass is 553 g/mol. The Morgan fingerprint density at radius 3 is 2.72 bits per heavy atom. The number of hydrogen-bond donors (Lipinski definition) is 1. The molecule has 2 aromatic carbocycles. The van der Waals surface area contributed by atoms with Crippen LogP contribution in [-0.4, -0.2) is 79.8 Å². The lowest BCUT2D eigenvalue weighted by molar-refractivity contribution is -0.136. The highest BCUT2D eigenvalue weighted by atomic mass is 35.5. The first kappa shape index (κ1) is 26.9. The van der Waals surface area contributed by atoms with Crippen molar-refractivity contribution >= 4 is 39.8 Å². The Labute approximate surface area is 231 Å². The van der Waals surface area contributed by atoms with Crippen molar-refractivity contribution in [2.75, 3.05) is 58.4 Å². The first-order chi connectivity index (χ1) is 19.0. The van der Waals surface area contributed by atoms with E-state index in [1.807, 2.05) is 4.90 Å². The van der Waals surface area contributed by atoms with Gasteiger partial charge in [0.2, 0.25) is 5.91 Å². The third-order valence-corrected chi connectivity index (χ3v) is 7.33. The molecule has 1 aromatic heterocycles. The number of nitrogens with zero attached hydrogens (tertiary/aromatic N) is 4. The molecule has 0 bridgehead atoms. The number of ether oxygens (including phenoxy) is 3. The highest BCUT2D eigenvalue weighted by Gasteiger charge is 2.26. The lowest BCUT2D eigenvalue weighted by atomic mass is 10.1. The highest BCUT2D eigenvalue weighted by molar-refractivity contribution is 6.31. The molecule has 0 atom stereocenters. The normalized spacial score (nSPS) is 16.6. The van der Waals surface area contributed by atoms with Gasteiger partial charge in [-0.05, 0) is 31.0 Å². The zero-order chi connectivity index (χ0) is 27.4. The van der Waals surface area contributed by atoms with Crippen LogP contribution in [0.15, 0.2) is 36.5 Å². The van der Waals surface area contributed by atoms with E-state index in [1.54, 1.807) is 31.4 Å². The number of anilines is 2. The van der Waals surface area contributed by atoms with Crippen molar-refractivity contribution in [2.24, 2.45) is 0 Å². The van der Waals surface area contributed by atoms with Crippen molar-refractivity contribution in [3.05, 3.63) is 52.9 Å². The van der Waals surface area contributed by atoms with Gasteiger partial charge >= 0.3 is 0 Å². The molecule has 1 N–H and O–H groups in total. The van der Waals surface area contributed by atoms with Crippen LogP contribution in [0.5, 0.6) is 11.5 Å². The number of carbonyl (C=O) groups excluding carboxylic acids is 1. The first-order valence-corrected chi connectivity index (χ1v) is 13.2. The topological polar surface area (TPSA) is 99.9 Å². The third-order valence-electron chi connectivity index (χ3n) is 7.04. The molecule has 1 amide bonds. The summed E-state index contributed by atoms with van der Waals surface area (Å²) in [5.74, 6) is 0.520. The average molecular weight is 554 g/mol. The van der Waals surface area contributed by atoms with E-state index in [4.69, 9.17) is 25.8 Å². The minimum atomic E-state index is -0.614. The van der Waals surface area contributed by atoms with Gasteiger partial charge in [-0.2, -0.15) is 5.26 Å². The van der Waals surface area contributed by atoms with E-state index in [2.05, 4.69) is 21.3 Å². The molecule has 0 spiro atoms. The zero-order valence-corrected chi connectivity index (χ0v) is 22.3. The Balaban J connectivity index is 1.34. The summed E-state index contributed by atoms with van der Waals surface area (Å²) < 4.78 is 32.0. The number of rotatable bonds is 7. The fraction of sp³-hybridized carbons (Fsp3) is 0.393. The predicted molar refractivity (Wildman–Crippen MR) is 145 cm³/mol. The predicted octanol–water partition coefficient (Wildman–Crippen LogP) is 4.35. The average Bonchev–Trinajstić information content (AvgIpc) is 2.96. The van der Waals surface area contributed by atoms with Gasteiger partial charge in [0.25, 0.3) is 0 Å². The number of aromatic nitrogens is 1. The maximum atomic E-state index is 14.7. The van der Waals surface area contributed by atoms with E-state index in [9.17, 15) is 14.4 Å². The molecule has 0 aliphatic carbocycles. The number of halogens is 2. The Morgan fingerprint density at radius 2 is 2.00 bits per heavy atom. The molecular weight excluding hydrogens is 525 g/mol. The second-order valence-electron chi connectivity index (χ2n) is 9.49. The molecular formula is C28H29ClFN5O4. The minimum Gasteiger partial charge on any atom is -0.493 e. The van der Waals surface area contributed by atoms with Crippen molar-refractivity contribution in [3.63, 3.8) is 0 Å². The quantitative estimate of drug-likeness (QED) is 0.461. The molecule has 204 valence electrons. The summed E-state index contributed by atoms with van der Waals surface area (Å²) in [4.78, 5) is 21.0. The van der Waals surface area contributed by atoms with Crippen LogP contribution < -0.4 is 14.8 Å². The standard InChI is InChI=1S/C28H29ClFN5O4/c1-37-24-14-23-20(28(18(15-31)16-32-23)33-22-4-2-3-21(29)27(22)30)13-25(24)39-19-5-7-34(8-6-19)17-26(36)35-9-11-38-12-10-35/h2-4,13-14,16,19H,5-12,17H2,1H3,(H,32,33). The molecule has 0 saturated carbocycles. The zero-order valence-electron chi connectivity index (χ0n) is 21.6. The van der Waals surface area contributed by atoms with Crippen molar-refractivity contribution < 1.29 is 23.4 Å². The maximum absolute atomic E-state index is 14.7. The van der Waals surface area contributed by atoms with Gasteiger partial charge in [0.1, 0.15) is 12.2 Å². The van der Waals surface area contributed by atoms with Gasteiger partial charge in [-0.1, -0.05) is 17.7 Å². The molecule has 0 unspecified atom stereocenters. The molecule has 2 fully saturated rings. The van der Waals surface area contributed by atoms with E-state index >= 15 is 0 Å². The van der Waals surface area contributed by atoms with Gasteiger partial charge in [0.05, 0.1) is 54.3 Å². The first-order valence-electron chi connectivity index (χ1n) is 12.8. The number of pyridine rings is 1. The second-order valence-corrected chi connectivity index (χ2v) is 9.90. The number of fused-ring (bicyclic) bond motifs is 1. The van der Waals surface area contributed by atoms with E-state index in [-0.39, 0.29) is 28.3 Å². The fourth-order valence-corrected chi connectivity index (χ4v) is 5.05. The summed E-state index contributed by atoms with van der Waals surface area (Å²) in [6.07, 6.45) is 2.83. The SMILES string of the molecule is COc1cc2ncc(C#N)c(Nc3cccc(Cl)c3F)c2cc1OC1CCN(CC(=O)N2CCOCC2)CC1.